The van der Waals surface area contributed by atoms with Crippen LogP contribution in [0.5, 0.6) is 5.88 Å². The van der Waals surface area contributed by atoms with Crippen molar-refractivity contribution in [1.82, 2.24) is 14.8 Å². The van der Waals surface area contributed by atoms with Crippen LogP contribution < -0.4 is 4.74 Å². The number of hydrogen-bond acceptors (Lipinski definition) is 5. The van der Waals surface area contributed by atoms with Crippen molar-refractivity contribution < 1.29 is 14.3 Å². The summed E-state index contributed by atoms with van der Waals surface area (Å²) < 4.78 is 11.2. The lowest BCUT2D eigenvalue weighted by Gasteiger charge is -2.24. The summed E-state index contributed by atoms with van der Waals surface area (Å²) in [5.41, 5.74) is 0.562. The molecule has 1 aromatic rings. The molecule has 0 aromatic carbocycles. The Balaban J connectivity index is 1.60. The van der Waals surface area contributed by atoms with E-state index < -0.39 is 0 Å². The van der Waals surface area contributed by atoms with E-state index in [1.54, 1.807) is 18.3 Å². The number of hydrogen-bond donors (Lipinski definition) is 0. The van der Waals surface area contributed by atoms with Gasteiger partial charge in [-0.05, 0) is 44.9 Å². The van der Waals surface area contributed by atoms with Gasteiger partial charge >= 0.3 is 0 Å². The number of pyridine rings is 1. The van der Waals surface area contributed by atoms with Gasteiger partial charge in [-0.25, -0.2) is 4.98 Å². The third kappa shape index (κ3) is 4.24. The summed E-state index contributed by atoms with van der Waals surface area (Å²) in [4.78, 5) is 21.4. The number of carbonyl (C=O) groups excluding carboxylic acids is 1. The quantitative estimate of drug-likeness (QED) is 0.822. The number of ether oxygens (including phenoxy) is 2. The van der Waals surface area contributed by atoms with Crippen LogP contribution >= 0.6 is 0 Å². The molecule has 1 aromatic heterocycles. The maximum atomic E-state index is 12.9. The summed E-state index contributed by atoms with van der Waals surface area (Å²) in [6.07, 6.45) is 5.35. The van der Waals surface area contributed by atoms with Gasteiger partial charge in [-0.15, -0.1) is 0 Å². The summed E-state index contributed by atoms with van der Waals surface area (Å²) in [6, 6.07) is 3.59. The Bertz CT molecular complexity index is 546. The van der Waals surface area contributed by atoms with Crippen LogP contribution in [0.2, 0.25) is 0 Å². The van der Waals surface area contributed by atoms with Crippen molar-refractivity contribution in [1.29, 1.82) is 0 Å². The molecule has 3 heterocycles. The Kier molecular flexibility index (Phi) is 6.04. The second-order valence-corrected chi connectivity index (χ2v) is 6.37. The Morgan fingerprint density at radius 2 is 2.25 bits per heavy atom. The van der Waals surface area contributed by atoms with Crippen molar-refractivity contribution >= 4 is 5.91 Å². The van der Waals surface area contributed by atoms with E-state index in [9.17, 15) is 4.79 Å². The average molecular weight is 333 g/mol. The lowest BCUT2D eigenvalue weighted by atomic mass is 10.2. The van der Waals surface area contributed by atoms with Gasteiger partial charge in [-0.1, -0.05) is 0 Å². The Labute approximate surface area is 143 Å². The van der Waals surface area contributed by atoms with Crippen LogP contribution in [0.25, 0.3) is 0 Å². The highest BCUT2D eigenvalue weighted by Gasteiger charge is 2.25. The first kappa shape index (κ1) is 17.2. The monoisotopic (exact) mass is 333 g/mol. The smallest absolute Gasteiger partial charge is 0.259 e. The van der Waals surface area contributed by atoms with Gasteiger partial charge in [0.25, 0.3) is 5.91 Å². The van der Waals surface area contributed by atoms with Gasteiger partial charge in [0.1, 0.15) is 5.56 Å². The van der Waals surface area contributed by atoms with Gasteiger partial charge in [-0.3, -0.25) is 9.69 Å². The number of rotatable bonds is 5. The molecule has 0 N–H and O–H groups in total. The van der Waals surface area contributed by atoms with Crippen LogP contribution in [0.3, 0.4) is 0 Å². The molecule has 2 aliphatic rings. The maximum absolute atomic E-state index is 12.9. The Morgan fingerprint density at radius 3 is 3.04 bits per heavy atom. The largest absolute Gasteiger partial charge is 0.477 e. The molecular formula is C18H27N3O3. The molecule has 6 heteroatoms. The molecule has 1 amide bonds. The summed E-state index contributed by atoms with van der Waals surface area (Å²) in [7, 11) is 0. The summed E-state index contributed by atoms with van der Waals surface area (Å²) in [5.74, 6) is 0.455. The third-order valence-electron chi connectivity index (χ3n) is 4.64. The van der Waals surface area contributed by atoms with Crippen LogP contribution in [0.1, 0.15) is 36.5 Å². The lowest BCUT2D eigenvalue weighted by Crippen LogP contribution is -2.37. The third-order valence-corrected chi connectivity index (χ3v) is 4.64. The predicted octanol–water partition coefficient (Wildman–Crippen LogP) is 1.81. The normalized spacial score (nSPS) is 22.4. The van der Waals surface area contributed by atoms with Crippen molar-refractivity contribution in [3.05, 3.63) is 23.9 Å². The minimum Gasteiger partial charge on any atom is -0.477 e. The van der Waals surface area contributed by atoms with Crippen molar-refractivity contribution in [3.63, 3.8) is 0 Å². The molecule has 0 aliphatic carbocycles. The van der Waals surface area contributed by atoms with Gasteiger partial charge < -0.3 is 14.4 Å². The minimum atomic E-state index is 0.0190. The Hall–Kier alpha value is -1.66. The first-order valence-corrected chi connectivity index (χ1v) is 8.99. The molecule has 6 nitrogen and oxygen atoms in total. The van der Waals surface area contributed by atoms with Crippen LogP contribution in [0.4, 0.5) is 0 Å². The number of nitrogens with zero attached hydrogens (tertiary/aromatic N) is 3. The second kappa shape index (κ2) is 8.44. The maximum Gasteiger partial charge on any atom is 0.259 e. The van der Waals surface area contributed by atoms with Crippen molar-refractivity contribution in [3.8, 4) is 5.88 Å². The zero-order chi connectivity index (χ0) is 16.8. The molecule has 0 saturated carbocycles. The molecule has 1 atom stereocenters. The first-order valence-electron chi connectivity index (χ1n) is 8.99. The molecule has 3 rings (SSSR count). The molecule has 2 saturated heterocycles. The molecule has 24 heavy (non-hydrogen) atoms. The summed E-state index contributed by atoms with van der Waals surface area (Å²) in [6.45, 7) is 7.73. The number of aromatic nitrogens is 1. The fourth-order valence-electron chi connectivity index (χ4n) is 3.41. The number of amides is 1. The van der Waals surface area contributed by atoms with Crippen molar-refractivity contribution in [2.45, 2.75) is 32.3 Å². The van der Waals surface area contributed by atoms with Crippen LogP contribution in [0, 0.1) is 0 Å². The molecule has 0 unspecified atom stereocenters. The molecular weight excluding hydrogens is 306 g/mol. The van der Waals surface area contributed by atoms with E-state index in [1.807, 2.05) is 11.8 Å². The van der Waals surface area contributed by atoms with Gasteiger partial charge in [-0.2, -0.15) is 0 Å². The summed E-state index contributed by atoms with van der Waals surface area (Å²) in [5, 5.41) is 0. The first-order chi connectivity index (χ1) is 11.8. The topological polar surface area (TPSA) is 54.9 Å². The molecule has 0 bridgehead atoms. The predicted molar refractivity (Wildman–Crippen MR) is 91.3 cm³/mol. The Morgan fingerprint density at radius 1 is 1.33 bits per heavy atom. The average Bonchev–Trinajstić information content (AvgIpc) is 2.99. The van der Waals surface area contributed by atoms with E-state index in [0.29, 0.717) is 24.2 Å². The van der Waals surface area contributed by atoms with Gasteiger partial charge in [0.15, 0.2) is 0 Å². The second-order valence-electron chi connectivity index (χ2n) is 6.37. The molecule has 2 aliphatic heterocycles. The molecule has 0 spiro atoms. The highest BCUT2D eigenvalue weighted by atomic mass is 16.5. The van der Waals surface area contributed by atoms with E-state index in [4.69, 9.17) is 9.47 Å². The van der Waals surface area contributed by atoms with Gasteiger partial charge in [0, 0.05) is 39.0 Å². The van der Waals surface area contributed by atoms with E-state index in [1.165, 1.54) is 6.42 Å². The van der Waals surface area contributed by atoms with Crippen molar-refractivity contribution in [2.24, 2.45) is 0 Å². The molecule has 2 fully saturated rings. The van der Waals surface area contributed by atoms with Gasteiger partial charge in [0.2, 0.25) is 5.88 Å². The fraction of sp³-hybridized carbons (Fsp3) is 0.667. The van der Waals surface area contributed by atoms with E-state index in [2.05, 4.69) is 9.88 Å². The van der Waals surface area contributed by atoms with Crippen LogP contribution in [0.15, 0.2) is 18.3 Å². The lowest BCUT2D eigenvalue weighted by molar-refractivity contribution is 0.0702. The molecule has 0 radical (unpaired) electrons. The SMILES string of the molecule is CCOc1ncccc1C(=O)N1CCCN(C[C@@H]2CCCO2)CC1. The molecule has 132 valence electrons. The van der Waals surface area contributed by atoms with E-state index in [-0.39, 0.29) is 5.91 Å². The minimum absolute atomic E-state index is 0.0190. The summed E-state index contributed by atoms with van der Waals surface area (Å²) >= 11 is 0. The highest BCUT2D eigenvalue weighted by Crippen LogP contribution is 2.19. The number of carbonyl (C=O) groups is 1. The fourth-order valence-corrected chi connectivity index (χ4v) is 3.41. The van der Waals surface area contributed by atoms with E-state index >= 15 is 0 Å². The van der Waals surface area contributed by atoms with Crippen LogP contribution in [-0.2, 0) is 4.74 Å². The zero-order valence-electron chi connectivity index (χ0n) is 14.4. The zero-order valence-corrected chi connectivity index (χ0v) is 14.4. The van der Waals surface area contributed by atoms with Gasteiger partial charge in [0.05, 0.1) is 12.7 Å². The van der Waals surface area contributed by atoms with Crippen molar-refractivity contribution in [2.75, 3.05) is 45.9 Å². The van der Waals surface area contributed by atoms with E-state index in [0.717, 1.165) is 52.2 Å². The van der Waals surface area contributed by atoms with Crippen LogP contribution in [-0.4, -0.2) is 72.7 Å². The highest BCUT2D eigenvalue weighted by molar-refractivity contribution is 5.96. The standard InChI is InChI=1S/C18H27N3O3/c1-2-23-17-16(7-3-8-19-17)18(22)21-10-5-9-20(11-12-21)14-15-6-4-13-24-15/h3,7-8,15H,2,4-6,9-14H2,1H3/t15-/m0/s1.